The van der Waals surface area contributed by atoms with E-state index >= 15 is 0 Å². The standard InChI is InChI=1S/C21H25.C8H13Si.C8H8.2ClH.Zr/c1-20(2,3)16-7-9-18-14(12-16)11-15-13-17(21(4,5)6)8-10-19(15)18;1-9(2,3)8-6-4-5-7-8;1-2-8-6-4-3-5-7-8;;;/h7-10,12H,11H2,1-6H3;6-7H,4H2,1-3H3;1,3-7H,2H2;2*1H;/q2*-1;;;;+2/p-2. The zero-order valence-corrected chi connectivity index (χ0v) is 31.4. The van der Waals surface area contributed by atoms with Crippen molar-refractivity contribution in [1.82, 2.24) is 0 Å². The predicted molar refractivity (Wildman–Crippen MR) is 171 cm³/mol. The van der Waals surface area contributed by atoms with Crippen LogP contribution in [0.25, 0.3) is 11.1 Å². The summed E-state index contributed by atoms with van der Waals surface area (Å²) in [4.78, 5) is 0. The van der Waals surface area contributed by atoms with Crippen LogP contribution in [0.2, 0.25) is 19.6 Å². The van der Waals surface area contributed by atoms with Crippen molar-refractivity contribution in [1.29, 1.82) is 0 Å². The summed E-state index contributed by atoms with van der Waals surface area (Å²) in [6.07, 6.45) is 10.8. The monoisotopic (exact) mass is 678 g/mol. The molecule has 0 bridgehead atoms. The van der Waals surface area contributed by atoms with Gasteiger partial charge in [0, 0.05) is 0 Å². The molecule has 2 aliphatic carbocycles. The van der Waals surface area contributed by atoms with E-state index in [1.165, 1.54) is 63.2 Å². The second-order valence-electron chi connectivity index (χ2n) is 13.7. The number of hydrogen-bond donors (Lipinski definition) is 0. The first kappa shape index (κ1) is 37.7. The average molecular weight is 681 g/mol. The number of halogens is 2. The minimum absolute atomic E-state index is 0. The Morgan fingerprint density at radius 3 is 1.95 bits per heavy atom. The van der Waals surface area contributed by atoms with Gasteiger partial charge in [-0.15, -0.1) is 17.5 Å². The van der Waals surface area contributed by atoms with Gasteiger partial charge in [0.1, 0.15) is 0 Å². The first-order chi connectivity index (χ1) is 18.2. The van der Waals surface area contributed by atoms with Gasteiger partial charge in [0.15, 0.2) is 0 Å². The van der Waals surface area contributed by atoms with Crippen molar-refractivity contribution in [2.24, 2.45) is 0 Å². The molecule has 0 saturated carbocycles. The Balaban J connectivity index is 0.000000351. The van der Waals surface area contributed by atoms with Crippen molar-refractivity contribution in [2.45, 2.75) is 91.3 Å². The normalized spacial score (nSPS) is 13.2. The van der Waals surface area contributed by atoms with Crippen LogP contribution in [0.15, 0.2) is 78.0 Å². The maximum atomic E-state index is 3.67. The van der Waals surface area contributed by atoms with Crippen LogP contribution in [0.3, 0.4) is 0 Å². The van der Waals surface area contributed by atoms with Gasteiger partial charge in [0.2, 0.25) is 0 Å². The zero-order chi connectivity index (χ0) is 28.8. The molecule has 0 fully saturated rings. The van der Waals surface area contributed by atoms with Crippen LogP contribution in [-0.2, 0) is 47.9 Å². The van der Waals surface area contributed by atoms with Crippen molar-refractivity contribution < 1.29 is 49.0 Å². The Labute approximate surface area is 279 Å². The molecule has 4 heteroatoms. The number of fused-ring (bicyclic) bond motifs is 3. The van der Waals surface area contributed by atoms with Crippen LogP contribution < -0.4 is 24.8 Å². The van der Waals surface area contributed by atoms with E-state index in [-0.39, 0.29) is 35.6 Å². The Kier molecular flexibility index (Phi) is 14.7. The van der Waals surface area contributed by atoms with E-state index in [4.69, 9.17) is 0 Å². The third-order valence-electron chi connectivity index (χ3n) is 7.21. The van der Waals surface area contributed by atoms with E-state index in [0.717, 1.165) is 19.3 Å². The Morgan fingerprint density at radius 1 is 0.829 bits per heavy atom. The Hall–Kier alpha value is -1.31. The van der Waals surface area contributed by atoms with Crippen LogP contribution in [-0.4, -0.2) is 11.8 Å². The molecule has 218 valence electrons. The molecule has 0 unspecified atom stereocenters. The molecule has 0 spiro atoms. The molecule has 0 amide bonds. The van der Waals surface area contributed by atoms with E-state index < -0.39 is 8.07 Å². The topological polar surface area (TPSA) is 0 Å². The fraction of sp³-hybridized carbons (Fsp3) is 0.378. The molecule has 5 rings (SSSR count). The summed E-state index contributed by atoms with van der Waals surface area (Å²) in [6.45, 7) is 20.7. The molecule has 0 atom stereocenters. The van der Waals surface area contributed by atoms with E-state index in [0.29, 0.717) is 0 Å². The summed E-state index contributed by atoms with van der Waals surface area (Å²) in [6, 6.07) is 25.7. The molecule has 0 N–H and O–H groups in total. The summed E-state index contributed by atoms with van der Waals surface area (Å²) < 4.78 is 2.25. The van der Waals surface area contributed by atoms with E-state index in [2.05, 4.69) is 144 Å². The quantitative estimate of drug-likeness (QED) is 0.229. The fourth-order valence-corrected chi connectivity index (χ4v) is 6.51. The van der Waals surface area contributed by atoms with Crippen molar-refractivity contribution in [3.63, 3.8) is 0 Å². The van der Waals surface area contributed by atoms with Gasteiger partial charge >= 0.3 is 70.3 Å². The van der Waals surface area contributed by atoms with Gasteiger partial charge in [-0.25, -0.2) is 11.3 Å². The first-order valence-corrected chi connectivity index (χ1v) is 19.1. The summed E-state index contributed by atoms with van der Waals surface area (Å²) in [5, 5.41) is 1.56. The maximum absolute atomic E-state index is 3.67. The predicted octanol–water partition coefficient (Wildman–Crippen LogP) is 3.79. The second-order valence-corrected chi connectivity index (χ2v) is 19.7. The summed E-state index contributed by atoms with van der Waals surface area (Å²) in [5.41, 5.74) is 10.1. The number of hydrogen-bond acceptors (Lipinski definition) is 0. The van der Waals surface area contributed by atoms with Crippen LogP contribution in [0.4, 0.5) is 0 Å². The molecule has 3 aromatic carbocycles. The van der Waals surface area contributed by atoms with Crippen molar-refractivity contribution in [3.05, 3.63) is 118 Å². The van der Waals surface area contributed by atoms with Crippen LogP contribution in [0.1, 0.15) is 75.8 Å². The molecule has 0 heterocycles. The van der Waals surface area contributed by atoms with Gasteiger partial charge in [-0.05, 0) is 36.5 Å². The van der Waals surface area contributed by atoms with Crippen LogP contribution >= 0.6 is 0 Å². The van der Waals surface area contributed by atoms with E-state index in [9.17, 15) is 0 Å². The summed E-state index contributed by atoms with van der Waals surface area (Å²) in [7, 11) is -0.981. The zero-order valence-electron chi connectivity index (χ0n) is 26.4. The summed E-state index contributed by atoms with van der Waals surface area (Å²) >= 11 is 1.51. The Bertz CT molecular complexity index is 1270. The first-order valence-electron chi connectivity index (χ1n) is 14.2. The molecular weight excluding hydrogens is 635 g/mol. The van der Waals surface area contributed by atoms with Crippen molar-refractivity contribution in [2.75, 3.05) is 0 Å². The third kappa shape index (κ3) is 11.0. The minimum atomic E-state index is -0.981. The molecule has 41 heavy (non-hydrogen) atoms. The number of allylic oxidation sites excluding steroid dienone is 4. The second kappa shape index (κ2) is 16.0. The van der Waals surface area contributed by atoms with Crippen molar-refractivity contribution in [3.8, 4) is 11.1 Å². The number of rotatable bonds is 3. The molecule has 3 aromatic rings. The van der Waals surface area contributed by atoms with E-state index in [1.54, 1.807) is 5.20 Å². The SMILES string of the molecule is CC(C)(C)c1[c-]c2c(cc1)-c1ccc(C(C)(C)C)cc1C2.C[Si](C)(C)C1=CC[C-]=C1.[Cl-].[Cl-].[Zr+2]=[CH]Cc1ccccc1. The van der Waals surface area contributed by atoms with Gasteiger partial charge in [-0.1, -0.05) is 84.9 Å². The fourth-order valence-electron chi connectivity index (χ4n) is 4.68. The van der Waals surface area contributed by atoms with Gasteiger partial charge in [0.05, 0.1) is 0 Å². The molecule has 2 aliphatic rings. The van der Waals surface area contributed by atoms with Gasteiger partial charge in [-0.2, -0.15) is 29.8 Å². The molecule has 0 saturated heterocycles. The molecule has 0 aromatic heterocycles. The van der Waals surface area contributed by atoms with Crippen molar-refractivity contribution >= 4 is 11.8 Å². The van der Waals surface area contributed by atoms with E-state index in [1.807, 2.05) is 6.07 Å². The molecular formula is C37H46Cl2SiZr-2. The van der Waals surface area contributed by atoms with Gasteiger partial charge in [0.25, 0.3) is 0 Å². The molecule has 0 nitrogen and oxygen atoms in total. The number of benzene rings is 3. The Morgan fingerprint density at radius 2 is 1.46 bits per heavy atom. The summed E-state index contributed by atoms with van der Waals surface area (Å²) in [5.74, 6) is 0. The van der Waals surface area contributed by atoms with Crippen LogP contribution in [0.5, 0.6) is 0 Å². The molecule has 0 radical (unpaired) electrons. The average Bonchev–Trinajstić information content (AvgIpc) is 3.52. The molecule has 0 aliphatic heterocycles. The van der Waals surface area contributed by atoms with Crippen LogP contribution in [0, 0.1) is 12.1 Å². The third-order valence-corrected chi connectivity index (χ3v) is 9.79. The van der Waals surface area contributed by atoms with Gasteiger partial charge < -0.3 is 24.8 Å². The van der Waals surface area contributed by atoms with Gasteiger partial charge in [-0.3, -0.25) is 6.08 Å².